The van der Waals surface area contributed by atoms with Crippen LogP contribution in [-0.2, 0) is 23.9 Å². The van der Waals surface area contributed by atoms with Crippen molar-refractivity contribution >= 4 is 17.7 Å². The summed E-state index contributed by atoms with van der Waals surface area (Å²) in [5.41, 5.74) is 2.35. The maximum atomic E-state index is 12.4. The van der Waals surface area contributed by atoms with Crippen molar-refractivity contribution in [3.8, 4) is 0 Å². The van der Waals surface area contributed by atoms with Crippen LogP contribution in [0.1, 0.15) is 58.8 Å². The highest BCUT2D eigenvalue weighted by molar-refractivity contribution is 6.06. The molecule has 0 heterocycles. The molecule has 2 aliphatic rings. The molecule has 0 bridgehead atoms. The number of hydrogen-bond acceptors (Lipinski definition) is 5. The summed E-state index contributed by atoms with van der Waals surface area (Å²) in [5, 5.41) is 0. The molecule has 5 heteroatoms. The number of rotatable bonds is 4. The van der Waals surface area contributed by atoms with Crippen LogP contribution in [0.3, 0.4) is 0 Å². The van der Waals surface area contributed by atoms with E-state index in [0.717, 1.165) is 36.8 Å². The fourth-order valence-electron chi connectivity index (χ4n) is 3.91. The molecular weight excluding hydrogens is 308 g/mol. The lowest BCUT2D eigenvalue weighted by Gasteiger charge is -2.24. The maximum absolute atomic E-state index is 12.4. The molecule has 0 unspecified atom stereocenters. The van der Waals surface area contributed by atoms with Crippen LogP contribution in [0.15, 0.2) is 22.3 Å². The Kier molecular flexibility index (Phi) is 5.62. The SMILES string of the molecule is COC(=O)C1(C(=O)OC)CC(C(C)=O)=C(C(C)=C2CCCCC2)C1. The van der Waals surface area contributed by atoms with Crippen LogP contribution in [0.25, 0.3) is 0 Å². The minimum Gasteiger partial charge on any atom is -0.468 e. The van der Waals surface area contributed by atoms with Crippen LogP contribution >= 0.6 is 0 Å². The van der Waals surface area contributed by atoms with Gasteiger partial charge in [-0.15, -0.1) is 0 Å². The summed E-state index contributed by atoms with van der Waals surface area (Å²) in [4.78, 5) is 36.9. The molecule has 0 aromatic carbocycles. The second-order valence-electron chi connectivity index (χ2n) is 6.72. The zero-order chi connectivity index (χ0) is 17.9. The van der Waals surface area contributed by atoms with Gasteiger partial charge in [0, 0.05) is 18.4 Å². The predicted octanol–water partition coefficient (Wildman–Crippen LogP) is 3.28. The number of carbonyl (C=O) groups is 3. The van der Waals surface area contributed by atoms with Gasteiger partial charge in [-0.25, -0.2) is 0 Å². The van der Waals surface area contributed by atoms with Crippen molar-refractivity contribution in [1.82, 2.24) is 0 Å². The number of methoxy groups -OCH3 is 2. The summed E-state index contributed by atoms with van der Waals surface area (Å²) >= 11 is 0. The summed E-state index contributed by atoms with van der Waals surface area (Å²) in [5.74, 6) is -1.37. The van der Waals surface area contributed by atoms with E-state index in [9.17, 15) is 14.4 Å². The summed E-state index contributed by atoms with van der Waals surface area (Å²) in [6, 6.07) is 0. The standard InChI is InChI=1S/C19H26O5/c1-12(14-8-6-5-7-9-14)15-10-19(17(21)23-3,18(22)24-4)11-16(15)13(2)20/h5-11H2,1-4H3. The van der Waals surface area contributed by atoms with Gasteiger partial charge in [0.15, 0.2) is 11.2 Å². The lowest BCUT2D eigenvalue weighted by atomic mass is 9.82. The van der Waals surface area contributed by atoms with E-state index in [-0.39, 0.29) is 18.6 Å². The molecule has 0 aromatic rings. The lowest BCUT2D eigenvalue weighted by molar-refractivity contribution is -0.168. The van der Waals surface area contributed by atoms with Crippen molar-refractivity contribution in [1.29, 1.82) is 0 Å². The van der Waals surface area contributed by atoms with Crippen molar-refractivity contribution in [2.75, 3.05) is 14.2 Å². The van der Waals surface area contributed by atoms with Gasteiger partial charge in [0.05, 0.1) is 14.2 Å². The quantitative estimate of drug-likeness (QED) is 0.583. The molecule has 0 radical (unpaired) electrons. The number of ketones is 1. The molecule has 0 aliphatic heterocycles. The van der Waals surface area contributed by atoms with Gasteiger partial charge >= 0.3 is 11.9 Å². The first-order valence-corrected chi connectivity index (χ1v) is 8.46. The highest BCUT2D eigenvalue weighted by Gasteiger charge is 2.54. The smallest absolute Gasteiger partial charge is 0.323 e. The van der Waals surface area contributed by atoms with Crippen LogP contribution < -0.4 is 0 Å². The normalized spacial score (nSPS) is 19.9. The molecule has 0 amide bonds. The van der Waals surface area contributed by atoms with Crippen LogP contribution in [0.5, 0.6) is 0 Å². The second-order valence-corrected chi connectivity index (χ2v) is 6.72. The van der Waals surface area contributed by atoms with Crippen molar-refractivity contribution in [3.63, 3.8) is 0 Å². The van der Waals surface area contributed by atoms with Crippen LogP contribution in [0.2, 0.25) is 0 Å². The number of Topliss-reactive ketones (excluding diaryl/α,β-unsaturated/α-hetero) is 1. The highest BCUT2D eigenvalue weighted by Crippen LogP contribution is 2.48. The van der Waals surface area contributed by atoms with Gasteiger partial charge in [-0.05, 0) is 50.7 Å². The van der Waals surface area contributed by atoms with Crippen molar-refractivity contribution in [3.05, 3.63) is 22.3 Å². The molecule has 24 heavy (non-hydrogen) atoms. The second kappa shape index (κ2) is 7.32. The van der Waals surface area contributed by atoms with Crippen molar-refractivity contribution < 1.29 is 23.9 Å². The van der Waals surface area contributed by atoms with E-state index in [1.54, 1.807) is 0 Å². The number of carbonyl (C=O) groups excluding carboxylic acids is 3. The number of esters is 2. The number of allylic oxidation sites excluding steroid dienone is 4. The Labute approximate surface area is 143 Å². The molecule has 0 saturated heterocycles. The minimum absolute atomic E-state index is 0.0572. The predicted molar refractivity (Wildman–Crippen MR) is 89.2 cm³/mol. The molecule has 1 saturated carbocycles. The van der Waals surface area contributed by atoms with Gasteiger partial charge in [0.25, 0.3) is 0 Å². The van der Waals surface area contributed by atoms with E-state index in [1.165, 1.54) is 33.1 Å². The Morgan fingerprint density at radius 3 is 1.79 bits per heavy atom. The van der Waals surface area contributed by atoms with E-state index in [1.807, 2.05) is 6.92 Å². The van der Waals surface area contributed by atoms with E-state index >= 15 is 0 Å². The number of hydrogen-bond donors (Lipinski definition) is 0. The van der Waals surface area contributed by atoms with E-state index < -0.39 is 17.4 Å². The Morgan fingerprint density at radius 2 is 1.33 bits per heavy atom. The highest BCUT2D eigenvalue weighted by atomic mass is 16.5. The van der Waals surface area contributed by atoms with Gasteiger partial charge in [-0.2, -0.15) is 0 Å². The van der Waals surface area contributed by atoms with E-state index in [2.05, 4.69) is 0 Å². The van der Waals surface area contributed by atoms with Crippen molar-refractivity contribution in [2.45, 2.75) is 58.8 Å². The molecule has 0 N–H and O–H groups in total. The fourth-order valence-corrected chi connectivity index (χ4v) is 3.91. The molecule has 132 valence electrons. The fraction of sp³-hybridized carbons (Fsp3) is 0.632. The lowest BCUT2D eigenvalue weighted by Crippen LogP contribution is -2.39. The molecule has 5 nitrogen and oxygen atoms in total. The summed E-state index contributed by atoms with van der Waals surface area (Å²) in [7, 11) is 2.51. The molecule has 0 atom stereocenters. The molecule has 1 fully saturated rings. The Hall–Kier alpha value is -1.91. The van der Waals surface area contributed by atoms with Gasteiger partial charge in [0.1, 0.15) is 0 Å². The summed E-state index contributed by atoms with van der Waals surface area (Å²) in [6.07, 6.45) is 5.79. The van der Waals surface area contributed by atoms with Gasteiger partial charge in [-0.1, -0.05) is 12.0 Å². The average Bonchev–Trinajstić information content (AvgIpc) is 3.02. The van der Waals surface area contributed by atoms with Gasteiger partial charge < -0.3 is 9.47 Å². The molecule has 2 aliphatic carbocycles. The Bertz CT molecular complexity index is 600. The summed E-state index contributed by atoms with van der Waals surface area (Å²) < 4.78 is 9.74. The third kappa shape index (κ3) is 3.17. The summed E-state index contributed by atoms with van der Waals surface area (Å²) in [6.45, 7) is 3.49. The minimum atomic E-state index is -1.43. The van der Waals surface area contributed by atoms with Crippen LogP contribution in [0.4, 0.5) is 0 Å². The third-order valence-electron chi connectivity index (χ3n) is 5.34. The van der Waals surface area contributed by atoms with E-state index in [4.69, 9.17) is 9.47 Å². The molecule has 0 spiro atoms. The van der Waals surface area contributed by atoms with Gasteiger partial charge in [-0.3, -0.25) is 14.4 Å². The molecule has 2 rings (SSSR count). The zero-order valence-corrected chi connectivity index (χ0v) is 15.0. The third-order valence-corrected chi connectivity index (χ3v) is 5.34. The van der Waals surface area contributed by atoms with Crippen LogP contribution in [-0.4, -0.2) is 31.9 Å². The van der Waals surface area contributed by atoms with Gasteiger partial charge in [0.2, 0.25) is 0 Å². The topological polar surface area (TPSA) is 69.7 Å². The molecule has 0 aromatic heterocycles. The first-order chi connectivity index (χ1) is 11.4. The van der Waals surface area contributed by atoms with Crippen LogP contribution in [0, 0.1) is 5.41 Å². The Morgan fingerprint density at radius 1 is 0.833 bits per heavy atom. The Balaban J connectivity index is 2.48. The largest absolute Gasteiger partial charge is 0.468 e. The average molecular weight is 334 g/mol. The first kappa shape index (κ1) is 18.4. The zero-order valence-electron chi connectivity index (χ0n) is 15.0. The number of ether oxygens (including phenoxy) is 2. The van der Waals surface area contributed by atoms with E-state index in [0.29, 0.717) is 5.57 Å². The monoisotopic (exact) mass is 334 g/mol. The van der Waals surface area contributed by atoms with Crippen molar-refractivity contribution in [2.24, 2.45) is 5.41 Å². The maximum Gasteiger partial charge on any atom is 0.323 e. The molecular formula is C19H26O5. The first-order valence-electron chi connectivity index (χ1n) is 8.46.